The first kappa shape index (κ1) is 8.74. The number of hydrogen-bond donors (Lipinski definition) is 0. The lowest BCUT2D eigenvalue weighted by atomic mass is 9.50. The number of ketones is 1. The Morgan fingerprint density at radius 1 is 1.54 bits per heavy atom. The van der Waals surface area contributed by atoms with E-state index >= 15 is 0 Å². The van der Waals surface area contributed by atoms with E-state index in [0.29, 0.717) is 18.1 Å². The van der Waals surface area contributed by atoms with Gasteiger partial charge in [0.05, 0.1) is 12.0 Å². The molecule has 0 saturated heterocycles. The van der Waals surface area contributed by atoms with E-state index < -0.39 is 0 Å². The summed E-state index contributed by atoms with van der Waals surface area (Å²) >= 11 is 0. The minimum absolute atomic E-state index is 0.0251. The molecule has 0 aromatic carbocycles. The number of carbonyl (C=O) groups excluding carboxylic acids is 1. The van der Waals surface area contributed by atoms with Gasteiger partial charge in [-0.2, -0.15) is 5.26 Å². The Morgan fingerprint density at radius 2 is 2.23 bits per heavy atom. The van der Waals surface area contributed by atoms with Crippen LogP contribution in [0.15, 0.2) is 0 Å². The average molecular weight is 177 g/mol. The highest BCUT2D eigenvalue weighted by molar-refractivity contribution is 5.84. The van der Waals surface area contributed by atoms with Crippen LogP contribution in [0.4, 0.5) is 0 Å². The lowest BCUT2D eigenvalue weighted by Gasteiger charge is -2.52. The summed E-state index contributed by atoms with van der Waals surface area (Å²) in [5.41, 5.74) is 0.284. The molecular weight excluding hydrogens is 162 g/mol. The van der Waals surface area contributed by atoms with Crippen LogP contribution >= 0.6 is 0 Å². The van der Waals surface area contributed by atoms with E-state index in [0.717, 1.165) is 12.8 Å². The molecule has 3 atom stereocenters. The Hall–Kier alpha value is -0.840. The van der Waals surface area contributed by atoms with Gasteiger partial charge in [-0.15, -0.1) is 0 Å². The lowest BCUT2D eigenvalue weighted by Crippen LogP contribution is -2.52. The van der Waals surface area contributed by atoms with Gasteiger partial charge >= 0.3 is 0 Å². The van der Waals surface area contributed by atoms with E-state index in [1.54, 1.807) is 0 Å². The van der Waals surface area contributed by atoms with E-state index in [-0.39, 0.29) is 17.3 Å². The first-order valence-corrected chi connectivity index (χ1v) is 4.98. The summed E-state index contributed by atoms with van der Waals surface area (Å²) in [6, 6.07) is 2.25. The van der Waals surface area contributed by atoms with E-state index in [4.69, 9.17) is 5.26 Å². The largest absolute Gasteiger partial charge is 0.299 e. The molecule has 2 rings (SSSR count). The van der Waals surface area contributed by atoms with Gasteiger partial charge in [-0.25, -0.2) is 0 Å². The van der Waals surface area contributed by atoms with Crippen LogP contribution in [0.1, 0.15) is 33.1 Å². The van der Waals surface area contributed by atoms with Crippen LogP contribution in [-0.2, 0) is 4.79 Å². The molecule has 0 bridgehead atoms. The third-order valence-electron chi connectivity index (χ3n) is 3.93. The topological polar surface area (TPSA) is 40.9 Å². The van der Waals surface area contributed by atoms with Crippen molar-refractivity contribution in [3.05, 3.63) is 0 Å². The molecule has 2 aliphatic rings. The minimum atomic E-state index is 0.0251. The van der Waals surface area contributed by atoms with E-state index in [1.807, 2.05) is 0 Å². The zero-order chi connectivity index (χ0) is 9.64. The van der Waals surface area contributed by atoms with E-state index in [1.165, 1.54) is 0 Å². The predicted molar refractivity (Wildman–Crippen MR) is 48.7 cm³/mol. The number of rotatable bonds is 0. The number of nitrogens with zero attached hydrogens (tertiary/aromatic N) is 1. The normalized spacial score (nSPS) is 41.6. The number of Topliss-reactive ketones (excluding diaryl/α,β-unsaturated/α-hetero) is 1. The Bertz CT molecular complexity index is 287. The maximum absolute atomic E-state index is 11.6. The van der Waals surface area contributed by atoms with Gasteiger partial charge in [0.1, 0.15) is 5.78 Å². The Kier molecular flexibility index (Phi) is 1.73. The molecule has 13 heavy (non-hydrogen) atoms. The molecule has 2 saturated carbocycles. The lowest BCUT2D eigenvalue weighted by molar-refractivity contribution is -0.142. The van der Waals surface area contributed by atoms with Gasteiger partial charge in [-0.05, 0) is 24.2 Å². The van der Waals surface area contributed by atoms with Gasteiger partial charge in [0.15, 0.2) is 0 Å². The van der Waals surface area contributed by atoms with E-state index in [2.05, 4.69) is 19.9 Å². The second-order valence-electron chi connectivity index (χ2n) is 5.06. The fraction of sp³-hybridized carbons (Fsp3) is 0.818. The summed E-state index contributed by atoms with van der Waals surface area (Å²) in [4.78, 5) is 11.6. The van der Waals surface area contributed by atoms with Crippen molar-refractivity contribution < 1.29 is 4.79 Å². The van der Waals surface area contributed by atoms with Crippen LogP contribution in [0, 0.1) is 34.5 Å². The summed E-state index contributed by atoms with van der Waals surface area (Å²) in [6.45, 7) is 4.45. The second-order valence-corrected chi connectivity index (χ2v) is 5.06. The molecule has 2 nitrogen and oxygen atoms in total. The van der Waals surface area contributed by atoms with Gasteiger partial charge in [0.25, 0.3) is 0 Å². The van der Waals surface area contributed by atoms with Crippen LogP contribution in [0.5, 0.6) is 0 Å². The molecule has 0 N–H and O–H groups in total. The van der Waals surface area contributed by atoms with Crippen molar-refractivity contribution in [1.29, 1.82) is 5.26 Å². The molecule has 0 amide bonds. The molecule has 0 aromatic heterocycles. The maximum Gasteiger partial charge on any atom is 0.137 e. The Balaban J connectivity index is 2.20. The molecule has 2 fully saturated rings. The van der Waals surface area contributed by atoms with Crippen molar-refractivity contribution in [3.63, 3.8) is 0 Å². The summed E-state index contributed by atoms with van der Waals surface area (Å²) in [5, 5.41) is 8.81. The number of carbonyl (C=O) groups is 1. The standard InChI is InChI=1S/C11H15NO/c1-11(2)4-3-9(13)10-7(6-12)5-8(10)11/h7-8,10H,3-5H2,1-2H3/t7-,8+,10-/m1/s1. The maximum atomic E-state index is 11.6. The van der Waals surface area contributed by atoms with Crippen LogP contribution in [0.25, 0.3) is 0 Å². The van der Waals surface area contributed by atoms with E-state index in [9.17, 15) is 4.79 Å². The highest BCUT2D eigenvalue weighted by Crippen LogP contribution is 2.55. The van der Waals surface area contributed by atoms with Crippen molar-refractivity contribution in [3.8, 4) is 6.07 Å². The molecule has 0 radical (unpaired) electrons. The predicted octanol–water partition coefficient (Wildman–Crippen LogP) is 2.15. The Morgan fingerprint density at radius 3 is 2.85 bits per heavy atom. The molecule has 0 aliphatic heterocycles. The molecule has 0 aromatic rings. The van der Waals surface area contributed by atoms with Crippen LogP contribution in [0.2, 0.25) is 0 Å². The van der Waals surface area contributed by atoms with Gasteiger partial charge in [0.2, 0.25) is 0 Å². The third-order valence-corrected chi connectivity index (χ3v) is 3.93. The average Bonchev–Trinajstić information content (AvgIpc) is 1.97. The fourth-order valence-corrected chi connectivity index (χ4v) is 2.84. The molecular formula is C11H15NO. The molecule has 2 heteroatoms. The van der Waals surface area contributed by atoms with Crippen molar-refractivity contribution in [2.24, 2.45) is 23.2 Å². The van der Waals surface area contributed by atoms with Crippen LogP contribution in [0.3, 0.4) is 0 Å². The zero-order valence-electron chi connectivity index (χ0n) is 8.21. The molecule has 2 aliphatic carbocycles. The first-order valence-electron chi connectivity index (χ1n) is 4.98. The number of nitriles is 1. The van der Waals surface area contributed by atoms with Crippen molar-refractivity contribution in [2.45, 2.75) is 33.1 Å². The zero-order valence-corrected chi connectivity index (χ0v) is 8.21. The summed E-state index contributed by atoms with van der Waals surface area (Å²) in [5.74, 6) is 0.923. The quantitative estimate of drug-likeness (QED) is 0.569. The minimum Gasteiger partial charge on any atom is -0.299 e. The molecule has 70 valence electrons. The Labute approximate surface area is 78.9 Å². The first-order chi connectivity index (χ1) is 6.06. The van der Waals surface area contributed by atoms with Crippen LogP contribution in [-0.4, -0.2) is 5.78 Å². The van der Waals surface area contributed by atoms with Gasteiger partial charge in [0, 0.05) is 12.3 Å². The fourth-order valence-electron chi connectivity index (χ4n) is 2.84. The van der Waals surface area contributed by atoms with Crippen molar-refractivity contribution in [1.82, 2.24) is 0 Å². The summed E-state index contributed by atoms with van der Waals surface area (Å²) in [6.07, 6.45) is 2.64. The third kappa shape index (κ3) is 1.10. The van der Waals surface area contributed by atoms with Gasteiger partial charge < -0.3 is 0 Å². The van der Waals surface area contributed by atoms with Crippen LogP contribution < -0.4 is 0 Å². The monoisotopic (exact) mass is 177 g/mol. The van der Waals surface area contributed by atoms with Crippen molar-refractivity contribution in [2.75, 3.05) is 0 Å². The highest BCUT2D eigenvalue weighted by Gasteiger charge is 2.54. The highest BCUT2D eigenvalue weighted by atomic mass is 16.1. The summed E-state index contributed by atoms with van der Waals surface area (Å²) < 4.78 is 0. The van der Waals surface area contributed by atoms with Gasteiger partial charge in [-0.1, -0.05) is 13.8 Å². The van der Waals surface area contributed by atoms with Gasteiger partial charge in [-0.3, -0.25) is 4.79 Å². The molecule has 0 unspecified atom stereocenters. The second kappa shape index (κ2) is 2.57. The SMILES string of the molecule is CC1(C)CCC(=O)[C@@H]2[C@@H](C#N)C[C@@H]21. The smallest absolute Gasteiger partial charge is 0.137 e. The number of fused-ring (bicyclic) bond motifs is 1. The molecule has 0 heterocycles. The van der Waals surface area contributed by atoms with Crippen molar-refractivity contribution >= 4 is 5.78 Å². The summed E-state index contributed by atoms with van der Waals surface area (Å²) in [7, 11) is 0. The number of hydrogen-bond acceptors (Lipinski definition) is 2. The molecule has 0 spiro atoms.